The minimum atomic E-state index is -0.490. The number of ether oxygens (including phenoxy) is 2. The van der Waals surface area contributed by atoms with E-state index in [1.807, 2.05) is 26.0 Å². The first kappa shape index (κ1) is 15.3. The molecule has 0 aliphatic rings. The zero-order valence-corrected chi connectivity index (χ0v) is 13.4. The first-order valence-electron chi connectivity index (χ1n) is 6.19. The molecular weight excluding hydrogens is 338 g/mol. The number of hydrogen-bond acceptors (Lipinski definition) is 4. The summed E-state index contributed by atoms with van der Waals surface area (Å²) in [5, 5.41) is 10.9. The van der Waals surface area contributed by atoms with E-state index in [0.29, 0.717) is 11.5 Å². The van der Waals surface area contributed by atoms with Gasteiger partial charge < -0.3 is 9.47 Å². The lowest BCUT2D eigenvalue weighted by Gasteiger charge is -2.10. The summed E-state index contributed by atoms with van der Waals surface area (Å²) in [5.41, 5.74) is 2.02. The highest BCUT2D eigenvalue weighted by Crippen LogP contribution is 2.34. The van der Waals surface area contributed by atoms with Crippen LogP contribution in [-0.2, 0) is 0 Å². The second-order valence-corrected chi connectivity index (χ2v) is 5.36. The standard InChI is InChI=1S/C15H14BrNO4/c1-9-6-12(7-10(2)15(9)16)21-11-4-5-13(17(18)19)14(8-11)20-3/h4-8H,1-3H3. The van der Waals surface area contributed by atoms with E-state index in [1.54, 1.807) is 6.07 Å². The normalized spacial score (nSPS) is 10.3. The van der Waals surface area contributed by atoms with Crippen molar-refractivity contribution in [3.63, 3.8) is 0 Å². The van der Waals surface area contributed by atoms with Crippen molar-refractivity contribution in [1.82, 2.24) is 0 Å². The Bertz CT molecular complexity index is 677. The van der Waals surface area contributed by atoms with Crippen molar-refractivity contribution in [3.05, 3.63) is 56.0 Å². The quantitative estimate of drug-likeness (QED) is 0.587. The third-order valence-electron chi connectivity index (χ3n) is 2.99. The summed E-state index contributed by atoms with van der Waals surface area (Å²) in [6.45, 7) is 3.95. The summed E-state index contributed by atoms with van der Waals surface area (Å²) in [4.78, 5) is 10.4. The van der Waals surface area contributed by atoms with Crippen LogP contribution in [0.15, 0.2) is 34.8 Å². The van der Waals surface area contributed by atoms with Gasteiger partial charge in [-0.15, -0.1) is 0 Å². The monoisotopic (exact) mass is 351 g/mol. The summed E-state index contributed by atoms with van der Waals surface area (Å²) >= 11 is 3.50. The van der Waals surface area contributed by atoms with Gasteiger partial charge in [0.25, 0.3) is 0 Å². The molecule has 0 fully saturated rings. The molecule has 2 rings (SSSR count). The molecular formula is C15H14BrNO4. The molecule has 21 heavy (non-hydrogen) atoms. The van der Waals surface area contributed by atoms with Crippen molar-refractivity contribution in [2.24, 2.45) is 0 Å². The Morgan fingerprint density at radius 2 is 1.71 bits per heavy atom. The zero-order valence-electron chi connectivity index (χ0n) is 11.8. The Kier molecular flexibility index (Phi) is 4.47. The Labute approximate surface area is 130 Å². The van der Waals surface area contributed by atoms with Crippen LogP contribution in [-0.4, -0.2) is 12.0 Å². The number of methoxy groups -OCH3 is 1. The molecule has 0 radical (unpaired) electrons. The van der Waals surface area contributed by atoms with Crippen LogP contribution >= 0.6 is 15.9 Å². The zero-order chi connectivity index (χ0) is 15.6. The van der Waals surface area contributed by atoms with E-state index < -0.39 is 4.92 Å². The number of nitro benzene ring substituents is 1. The van der Waals surface area contributed by atoms with Crippen LogP contribution in [0, 0.1) is 24.0 Å². The van der Waals surface area contributed by atoms with Gasteiger partial charge in [0.15, 0.2) is 0 Å². The number of halogens is 1. The van der Waals surface area contributed by atoms with E-state index in [0.717, 1.165) is 15.6 Å². The number of benzene rings is 2. The summed E-state index contributed by atoms with van der Waals surface area (Å²) in [6.07, 6.45) is 0. The van der Waals surface area contributed by atoms with Gasteiger partial charge in [-0.05, 0) is 43.2 Å². The molecule has 0 N–H and O–H groups in total. The van der Waals surface area contributed by atoms with Gasteiger partial charge in [0.1, 0.15) is 11.5 Å². The Balaban J connectivity index is 2.34. The van der Waals surface area contributed by atoms with Crippen LogP contribution in [0.2, 0.25) is 0 Å². The van der Waals surface area contributed by atoms with E-state index in [9.17, 15) is 10.1 Å². The number of aryl methyl sites for hydroxylation is 2. The number of nitro groups is 1. The molecule has 0 heterocycles. The molecule has 0 unspecified atom stereocenters. The molecule has 0 spiro atoms. The molecule has 0 aliphatic carbocycles. The van der Waals surface area contributed by atoms with Gasteiger partial charge in [-0.25, -0.2) is 0 Å². The van der Waals surface area contributed by atoms with Crippen molar-refractivity contribution in [3.8, 4) is 17.2 Å². The van der Waals surface area contributed by atoms with Crippen molar-refractivity contribution in [2.75, 3.05) is 7.11 Å². The number of hydrogen-bond donors (Lipinski definition) is 0. The van der Waals surface area contributed by atoms with E-state index in [4.69, 9.17) is 9.47 Å². The van der Waals surface area contributed by atoms with Crippen molar-refractivity contribution < 1.29 is 14.4 Å². The average Bonchev–Trinajstić information content (AvgIpc) is 2.44. The van der Waals surface area contributed by atoms with Gasteiger partial charge in [-0.2, -0.15) is 0 Å². The predicted octanol–water partition coefficient (Wildman–Crippen LogP) is 4.78. The van der Waals surface area contributed by atoms with Crippen molar-refractivity contribution in [1.29, 1.82) is 0 Å². The number of nitrogens with zero attached hydrogens (tertiary/aromatic N) is 1. The van der Waals surface area contributed by atoms with E-state index in [2.05, 4.69) is 15.9 Å². The van der Waals surface area contributed by atoms with Crippen LogP contribution in [0.5, 0.6) is 17.2 Å². The minimum Gasteiger partial charge on any atom is -0.490 e. The predicted molar refractivity (Wildman–Crippen MR) is 83.3 cm³/mol. The third kappa shape index (κ3) is 3.33. The molecule has 0 bridgehead atoms. The highest BCUT2D eigenvalue weighted by molar-refractivity contribution is 9.10. The second kappa shape index (κ2) is 6.13. The summed E-state index contributed by atoms with van der Waals surface area (Å²) < 4.78 is 11.8. The molecule has 0 aromatic heterocycles. The van der Waals surface area contributed by atoms with E-state index in [-0.39, 0.29) is 11.4 Å². The summed E-state index contributed by atoms with van der Waals surface area (Å²) in [5.74, 6) is 1.32. The van der Waals surface area contributed by atoms with Gasteiger partial charge in [-0.3, -0.25) is 10.1 Å². The Hall–Kier alpha value is -2.08. The SMILES string of the molecule is COc1cc(Oc2cc(C)c(Br)c(C)c2)ccc1[N+](=O)[O-]. The highest BCUT2D eigenvalue weighted by Gasteiger charge is 2.15. The smallest absolute Gasteiger partial charge is 0.311 e. The van der Waals surface area contributed by atoms with Crippen molar-refractivity contribution >= 4 is 21.6 Å². The maximum absolute atomic E-state index is 10.9. The van der Waals surface area contributed by atoms with Gasteiger partial charge in [0.05, 0.1) is 12.0 Å². The molecule has 0 atom stereocenters. The fourth-order valence-corrected chi connectivity index (χ4v) is 2.20. The molecule has 5 nitrogen and oxygen atoms in total. The van der Waals surface area contributed by atoms with Gasteiger partial charge in [0.2, 0.25) is 5.75 Å². The van der Waals surface area contributed by atoms with E-state index >= 15 is 0 Å². The molecule has 2 aromatic rings. The first-order chi connectivity index (χ1) is 9.92. The molecule has 0 saturated carbocycles. The van der Waals surface area contributed by atoms with Crippen LogP contribution in [0.1, 0.15) is 11.1 Å². The van der Waals surface area contributed by atoms with Gasteiger partial charge in [0, 0.05) is 16.6 Å². The lowest BCUT2D eigenvalue weighted by Crippen LogP contribution is -1.94. The minimum absolute atomic E-state index is 0.0898. The van der Waals surface area contributed by atoms with E-state index in [1.165, 1.54) is 19.2 Å². The molecule has 0 amide bonds. The van der Waals surface area contributed by atoms with Crippen LogP contribution in [0.4, 0.5) is 5.69 Å². The third-order valence-corrected chi connectivity index (χ3v) is 4.24. The summed E-state index contributed by atoms with van der Waals surface area (Å²) in [7, 11) is 1.39. The Morgan fingerprint density at radius 1 is 1.10 bits per heavy atom. The van der Waals surface area contributed by atoms with Crippen LogP contribution in [0.25, 0.3) is 0 Å². The maximum atomic E-state index is 10.9. The topological polar surface area (TPSA) is 61.6 Å². The second-order valence-electron chi connectivity index (χ2n) is 4.56. The summed E-state index contributed by atoms with van der Waals surface area (Å²) in [6, 6.07) is 8.21. The molecule has 6 heteroatoms. The highest BCUT2D eigenvalue weighted by atomic mass is 79.9. The lowest BCUT2D eigenvalue weighted by molar-refractivity contribution is -0.385. The molecule has 2 aromatic carbocycles. The first-order valence-corrected chi connectivity index (χ1v) is 6.98. The lowest BCUT2D eigenvalue weighted by atomic mass is 10.1. The maximum Gasteiger partial charge on any atom is 0.311 e. The van der Waals surface area contributed by atoms with Gasteiger partial charge in [-0.1, -0.05) is 15.9 Å². The fraction of sp³-hybridized carbons (Fsp3) is 0.200. The molecule has 0 aliphatic heterocycles. The Morgan fingerprint density at radius 3 is 2.24 bits per heavy atom. The van der Waals surface area contributed by atoms with Crippen LogP contribution in [0.3, 0.4) is 0 Å². The average molecular weight is 352 g/mol. The largest absolute Gasteiger partial charge is 0.490 e. The fourth-order valence-electron chi connectivity index (χ4n) is 1.97. The number of rotatable bonds is 4. The molecule has 0 saturated heterocycles. The van der Waals surface area contributed by atoms with Crippen LogP contribution < -0.4 is 9.47 Å². The van der Waals surface area contributed by atoms with Crippen molar-refractivity contribution in [2.45, 2.75) is 13.8 Å². The van der Waals surface area contributed by atoms with Gasteiger partial charge >= 0.3 is 5.69 Å². The molecule has 110 valence electrons.